The van der Waals surface area contributed by atoms with Gasteiger partial charge in [0.15, 0.2) is 0 Å². The SMILES string of the molecule is COc1ccc(C)cc1NC(=O)CNC(=O)NCc1ccc(C)cc1. The maximum Gasteiger partial charge on any atom is 0.315 e. The summed E-state index contributed by atoms with van der Waals surface area (Å²) in [5, 5.41) is 7.98. The van der Waals surface area contributed by atoms with Crippen molar-refractivity contribution in [3.63, 3.8) is 0 Å². The second kappa shape index (κ2) is 8.73. The van der Waals surface area contributed by atoms with E-state index in [2.05, 4.69) is 16.0 Å². The van der Waals surface area contributed by atoms with Crippen molar-refractivity contribution in [1.29, 1.82) is 0 Å². The van der Waals surface area contributed by atoms with Crippen molar-refractivity contribution in [3.05, 3.63) is 59.2 Å². The molecule has 0 aliphatic heterocycles. The molecule has 3 amide bonds. The first kappa shape index (κ1) is 18.3. The van der Waals surface area contributed by atoms with Crippen LogP contribution in [0.5, 0.6) is 5.75 Å². The number of urea groups is 1. The zero-order chi connectivity index (χ0) is 18.2. The maximum absolute atomic E-state index is 12.0. The van der Waals surface area contributed by atoms with Crippen LogP contribution in [0.25, 0.3) is 0 Å². The van der Waals surface area contributed by atoms with Crippen LogP contribution in [0.3, 0.4) is 0 Å². The van der Waals surface area contributed by atoms with Gasteiger partial charge in [-0.25, -0.2) is 4.79 Å². The van der Waals surface area contributed by atoms with Crippen molar-refractivity contribution < 1.29 is 14.3 Å². The predicted molar refractivity (Wildman–Crippen MR) is 97.8 cm³/mol. The van der Waals surface area contributed by atoms with Crippen molar-refractivity contribution >= 4 is 17.6 Å². The molecule has 0 aromatic heterocycles. The molecule has 0 bridgehead atoms. The molecule has 0 spiro atoms. The van der Waals surface area contributed by atoms with Gasteiger partial charge in [0.1, 0.15) is 5.75 Å². The number of hydrogen-bond acceptors (Lipinski definition) is 3. The average Bonchev–Trinajstić information content (AvgIpc) is 2.59. The van der Waals surface area contributed by atoms with Crippen LogP contribution in [-0.4, -0.2) is 25.6 Å². The van der Waals surface area contributed by atoms with Crippen LogP contribution in [0.2, 0.25) is 0 Å². The van der Waals surface area contributed by atoms with E-state index < -0.39 is 6.03 Å². The van der Waals surface area contributed by atoms with Crippen LogP contribution < -0.4 is 20.7 Å². The van der Waals surface area contributed by atoms with Crippen molar-refractivity contribution in [2.24, 2.45) is 0 Å². The molecular weight excluding hydrogens is 318 g/mol. The molecule has 132 valence electrons. The number of hydrogen-bond donors (Lipinski definition) is 3. The highest BCUT2D eigenvalue weighted by atomic mass is 16.5. The molecule has 6 nitrogen and oxygen atoms in total. The van der Waals surface area contributed by atoms with Crippen molar-refractivity contribution in [1.82, 2.24) is 10.6 Å². The fraction of sp³-hybridized carbons (Fsp3) is 0.263. The Morgan fingerprint density at radius 1 is 0.960 bits per heavy atom. The minimum absolute atomic E-state index is 0.128. The molecule has 2 rings (SSSR count). The molecule has 0 saturated carbocycles. The molecule has 0 aliphatic carbocycles. The molecule has 0 aliphatic rings. The third-order valence-corrected chi connectivity index (χ3v) is 3.61. The Morgan fingerprint density at radius 2 is 1.64 bits per heavy atom. The zero-order valence-electron chi connectivity index (χ0n) is 14.7. The first-order chi connectivity index (χ1) is 12.0. The minimum Gasteiger partial charge on any atom is -0.495 e. The highest BCUT2D eigenvalue weighted by Gasteiger charge is 2.09. The van der Waals surface area contributed by atoms with Crippen LogP contribution in [0, 0.1) is 13.8 Å². The van der Waals surface area contributed by atoms with Gasteiger partial charge in [0.25, 0.3) is 0 Å². The lowest BCUT2D eigenvalue weighted by atomic mass is 10.1. The van der Waals surface area contributed by atoms with Crippen molar-refractivity contribution in [2.45, 2.75) is 20.4 Å². The first-order valence-corrected chi connectivity index (χ1v) is 7.99. The third kappa shape index (κ3) is 5.84. The first-order valence-electron chi connectivity index (χ1n) is 7.99. The topological polar surface area (TPSA) is 79.5 Å². The molecule has 3 N–H and O–H groups in total. The molecular formula is C19H23N3O3. The highest BCUT2D eigenvalue weighted by Crippen LogP contribution is 2.24. The van der Waals surface area contributed by atoms with Gasteiger partial charge in [0, 0.05) is 6.54 Å². The molecule has 0 atom stereocenters. The second-order valence-corrected chi connectivity index (χ2v) is 5.77. The van der Waals surface area contributed by atoms with Gasteiger partial charge in [-0.1, -0.05) is 35.9 Å². The highest BCUT2D eigenvalue weighted by molar-refractivity contribution is 5.95. The molecule has 0 saturated heterocycles. The largest absolute Gasteiger partial charge is 0.495 e. The molecule has 6 heteroatoms. The number of rotatable bonds is 6. The Kier molecular flexibility index (Phi) is 6.39. The van der Waals surface area contributed by atoms with Crippen LogP contribution in [0.15, 0.2) is 42.5 Å². The monoisotopic (exact) mass is 341 g/mol. The summed E-state index contributed by atoms with van der Waals surface area (Å²) in [5.74, 6) is 0.247. The van der Waals surface area contributed by atoms with Gasteiger partial charge in [-0.2, -0.15) is 0 Å². The normalized spacial score (nSPS) is 10.0. The number of carbonyl (C=O) groups is 2. The lowest BCUT2D eigenvalue weighted by Gasteiger charge is -2.12. The summed E-state index contributed by atoms with van der Waals surface area (Å²) < 4.78 is 5.21. The van der Waals surface area contributed by atoms with Crippen LogP contribution >= 0.6 is 0 Å². The number of aryl methyl sites for hydroxylation is 2. The van der Waals surface area contributed by atoms with Gasteiger partial charge in [-0.15, -0.1) is 0 Å². The summed E-state index contributed by atoms with van der Waals surface area (Å²) in [6, 6.07) is 13.0. The van der Waals surface area contributed by atoms with Crippen molar-refractivity contribution in [2.75, 3.05) is 19.0 Å². The molecule has 2 aromatic carbocycles. The summed E-state index contributed by atoms with van der Waals surface area (Å²) in [7, 11) is 1.54. The summed E-state index contributed by atoms with van der Waals surface area (Å²) >= 11 is 0. The Hall–Kier alpha value is -3.02. The Morgan fingerprint density at radius 3 is 2.32 bits per heavy atom. The molecule has 0 unspecified atom stereocenters. The Balaban J connectivity index is 1.78. The van der Waals surface area contributed by atoms with E-state index in [0.717, 1.165) is 16.7 Å². The standard InChI is InChI=1S/C19H23N3O3/c1-13-4-7-15(8-5-13)11-20-19(24)21-12-18(23)22-16-10-14(2)6-9-17(16)25-3/h4-10H,11-12H2,1-3H3,(H,22,23)(H2,20,21,24). The van der Waals surface area contributed by atoms with E-state index in [9.17, 15) is 9.59 Å². The average molecular weight is 341 g/mol. The lowest BCUT2D eigenvalue weighted by molar-refractivity contribution is -0.115. The number of nitrogens with one attached hydrogen (secondary N) is 3. The maximum atomic E-state index is 12.0. The summed E-state index contributed by atoms with van der Waals surface area (Å²) in [6.07, 6.45) is 0. The number of benzene rings is 2. The molecule has 0 fully saturated rings. The third-order valence-electron chi connectivity index (χ3n) is 3.61. The van der Waals surface area contributed by atoms with E-state index in [1.807, 2.05) is 50.2 Å². The Labute approximate surface area is 147 Å². The molecule has 25 heavy (non-hydrogen) atoms. The van der Waals surface area contributed by atoms with Gasteiger partial charge < -0.3 is 20.7 Å². The van der Waals surface area contributed by atoms with Crippen molar-refractivity contribution in [3.8, 4) is 5.75 Å². The number of methoxy groups -OCH3 is 1. The van der Waals surface area contributed by atoms with Crippen LogP contribution in [-0.2, 0) is 11.3 Å². The van der Waals surface area contributed by atoms with E-state index in [0.29, 0.717) is 18.0 Å². The number of amides is 3. The quantitative estimate of drug-likeness (QED) is 0.756. The lowest BCUT2D eigenvalue weighted by Crippen LogP contribution is -2.39. The van der Waals surface area contributed by atoms with Crippen LogP contribution in [0.4, 0.5) is 10.5 Å². The summed E-state index contributed by atoms with van der Waals surface area (Å²) in [4.78, 5) is 23.8. The summed E-state index contributed by atoms with van der Waals surface area (Å²) in [5.41, 5.74) is 3.74. The van der Waals surface area contributed by atoms with E-state index in [1.54, 1.807) is 6.07 Å². The number of anilines is 1. The van der Waals surface area contributed by atoms with E-state index in [1.165, 1.54) is 7.11 Å². The predicted octanol–water partition coefficient (Wildman–Crippen LogP) is 2.75. The van der Waals surface area contributed by atoms with Gasteiger partial charge in [-0.3, -0.25) is 4.79 Å². The molecule has 0 heterocycles. The Bertz CT molecular complexity index is 742. The summed E-state index contributed by atoms with van der Waals surface area (Å²) in [6.45, 7) is 4.20. The van der Waals surface area contributed by atoms with Gasteiger partial charge in [-0.05, 0) is 37.1 Å². The smallest absolute Gasteiger partial charge is 0.315 e. The van der Waals surface area contributed by atoms with Gasteiger partial charge in [0.05, 0.1) is 19.3 Å². The molecule has 0 radical (unpaired) electrons. The van der Waals surface area contributed by atoms with E-state index >= 15 is 0 Å². The zero-order valence-corrected chi connectivity index (χ0v) is 14.7. The molecule has 2 aromatic rings. The van der Waals surface area contributed by atoms with Gasteiger partial charge in [0.2, 0.25) is 5.91 Å². The van der Waals surface area contributed by atoms with Crippen LogP contribution in [0.1, 0.15) is 16.7 Å². The van der Waals surface area contributed by atoms with Gasteiger partial charge >= 0.3 is 6.03 Å². The second-order valence-electron chi connectivity index (χ2n) is 5.77. The van der Waals surface area contributed by atoms with E-state index in [-0.39, 0.29) is 12.5 Å². The van der Waals surface area contributed by atoms with E-state index in [4.69, 9.17) is 4.74 Å². The fourth-order valence-corrected chi connectivity index (χ4v) is 2.23. The fourth-order valence-electron chi connectivity index (χ4n) is 2.23. The number of ether oxygens (including phenoxy) is 1. The minimum atomic E-state index is -0.396. The number of carbonyl (C=O) groups excluding carboxylic acids is 2.